The van der Waals surface area contributed by atoms with Crippen LogP contribution in [0.3, 0.4) is 0 Å². The summed E-state index contributed by atoms with van der Waals surface area (Å²) in [5.41, 5.74) is 3.58. The van der Waals surface area contributed by atoms with Crippen molar-refractivity contribution in [2.75, 3.05) is 26.3 Å². The molecule has 1 aliphatic rings. The van der Waals surface area contributed by atoms with Gasteiger partial charge < -0.3 is 8.97 Å². The second-order valence-electron chi connectivity index (χ2n) is 7.78. The van der Waals surface area contributed by atoms with Crippen molar-refractivity contribution >= 4 is 24.2 Å². The van der Waals surface area contributed by atoms with Crippen LogP contribution in [0, 0.1) is 0 Å². The highest BCUT2D eigenvalue weighted by atomic mass is 79.9. The molecule has 1 aromatic heterocycles. The first kappa shape index (κ1) is 19.2. The number of halogens is 1. The van der Waals surface area contributed by atoms with Gasteiger partial charge in [0, 0.05) is 36.5 Å². The average molecular weight is 401 g/mol. The van der Waals surface area contributed by atoms with Crippen molar-refractivity contribution in [3.8, 4) is 0 Å². The predicted molar refractivity (Wildman–Crippen MR) is 105 cm³/mol. The number of nitrogens with zero attached hydrogens (tertiary/aromatic N) is 2. The van der Waals surface area contributed by atoms with E-state index in [1.807, 2.05) is 0 Å². The van der Waals surface area contributed by atoms with E-state index >= 15 is 0 Å². The van der Waals surface area contributed by atoms with E-state index in [0.717, 1.165) is 49.5 Å². The second kappa shape index (κ2) is 7.85. The van der Waals surface area contributed by atoms with Crippen LogP contribution in [0.15, 0.2) is 16.9 Å². The third-order valence-corrected chi connectivity index (χ3v) is 13.0. The van der Waals surface area contributed by atoms with Crippen molar-refractivity contribution in [2.24, 2.45) is 0 Å². The molecule has 5 heteroatoms. The Labute approximate surface area is 151 Å². The summed E-state index contributed by atoms with van der Waals surface area (Å²) in [6, 6.07) is 0. The summed E-state index contributed by atoms with van der Waals surface area (Å²) < 4.78 is 9.37. The molecular weight excluding hydrogens is 368 g/mol. The van der Waals surface area contributed by atoms with Gasteiger partial charge in [0.2, 0.25) is 0 Å². The lowest BCUT2D eigenvalue weighted by Gasteiger charge is -2.44. The molecule has 2 rings (SSSR count). The average Bonchev–Trinajstić information content (AvgIpc) is 2.80. The Kier molecular flexibility index (Phi) is 6.56. The molecule has 0 N–H and O–H groups in total. The van der Waals surface area contributed by atoms with Gasteiger partial charge in [-0.25, -0.2) is 0 Å². The normalized spacial score (nSPS) is 17.7. The van der Waals surface area contributed by atoms with Gasteiger partial charge in [0.1, 0.15) is 0 Å². The molecule has 0 saturated carbocycles. The Morgan fingerprint density at radius 2 is 1.52 bits per heavy atom. The summed E-state index contributed by atoms with van der Waals surface area (Å²) in [5, 5.41) is 0. The molecule has 0 spiro atoms. The predicted octanol–water partition coefficient (Wildman–Crippen LogP) is 5.11. The first-order valence-electron chi connectivity index (χ1n) is 8.97. The Bertz CT molecular complexity index is 485. The highest BCUT2D eigenvalue weighted by Crippen LogP contribution is 2.43. The van der Waals surface area contributed by atoms with E-state index in [0.29, 0.717) is 0 Å². The molecule has 0 bridgehead atoms. The topological polar surface area (TPSA) is 17.4 Å². The largest absolute Gasteiger partial charge is 0.379 e. The Morgan fingerprint density at radius 3 is 2.00 bits per heavy atom. The zero-order valence-electron chi connectivity index (χ0n) is 15.6. The van der Waals surface area contributed by atoms with Crippen LogP contribution in [0.2, 0.25) is 16.6 Å². The van der Waals surface area contributed by atoms with Crippen LogP contribution >= 0.6 is 15.9 Å². The van der Waals surface area contributed by atoms with E-state index in [9.17, 15) is 0 Å². The number of aromatic nitrogens is 1. The number of hydrogen-bond donors (Lipinski definition) is 0. The van der Waals surface area contributed by atoms with Gasteiger partial charge in [0.25, 0.3) is 0 Å². The summed E-state index contributed by atoms with van der Waals surface area (Å²) in [5.74, 6) is 0. The molecule has 0 atom stereocenters. The molecule has 0 amide bonds. The van der Waals surface area contributed by atoms with Crippen molar-refractivity contribution in [3.63, 3.8) is 0 Å². The lowest BCUT2D eigenvalue weighted by Crippen LogP contribution is -2.51. The SMILES string of the molecule is CC(C)[Si](C(C)C)(C(C)C)n1cc(Br)c(CN2CCOCC2)c1. The Morgan fingerprint density at radius 1 is 1.00 bits per heavy atom. The second-order valence-corrected chi connectivity index (χ2v) is 14.4. The van der Waals surface area contributed by atoms with E-state index in [4.69, 9.17) is 4.74 Å². The monoisotopic (exact) mass is 400 g/mol. The highest BCUT2D eigenvalue weighted by Gasteiger charge is 2.45. The Hall–Kier alpha value is -0.103. The third kappa shape index (κ3) is 3.78. The summed E-state index contributed by atoms with van der Waals surface area (Å²) in [6.45, 7) is 19.3. The number of rotatable bonds is 6. The van der Waals surface area contributed by atoms with Gasteiger partial charge in [-0.05, 0) is 38.1 Å². The zero-order chi connectivity index (χ0) is 17.2. The maximum absolute atomic E-state index is 5.47. The van der Waals surface area contributed by atoms with E-state index in [-0.39, 0.29) is 0 Å². The van der Waals surface area contributed by atoms with Crippen molar-refractivity contribution in [3.05, 3.63) is 22.4 Å². The molecule has 0 radical (unpaired) electrons. The summed E-state index contributed by atoms with van der Waals surface area (Å²) >= 11 is 3.83. The zero-order valence-corrected chi connectivity index (χ0v) is 18.2. The van der Waals surface area contributed by atoms with Crippen LogP contribution in [0.1, 0.15) is 47.1 Å². The van der Waals surface area contributed by atoms with Crippen molar-refractivity contribution in [1.82, 2.24) is 9.13 Å². The number of morpholine rings is 1. The summed E-state index contributed by atoms with van der Waals surface area (Å²) in [7, 11) is -1.64. The minimum atomic E-state index is -1.64. The number of ether oxygens (including phenoxy) is 1. The quantitative estimate of drug-likeness (QED) is 0.617. The van der Waals surface area contributed by atoms with Gasteiger partial charge in [-0.15, -0.1) is 0 Å². The van der Waals surface area contributed by atoms with Gasteiger partial charge in [-0.3, -0.25) is 4.90 Å². The molecule has 1 fully saturated rings. The van der Waals surface area contributed by atoms with Crippen molar-refractivity contribution < 1.29 is 4.74 Å². The van der Waals surface area contributed by atoms with Gasteiger partial charge in [0.05, 0.1) is 13.2 Å². The first-order valence-corrected chi connectivity index (χ1v) is 11.9. The molecule has 1 aliphatic heterocycles. The fraction of sp³-hybridized carbons (Fsp3) is 0.778. The molecule has 1 aromatic rings. The van der Waals surface area contributed by atoms with Crippen molar-refractivity contribution in [1.29, 1.82) is 0 Å². The molecule has 1 saturated heterocycles. The van der Waals surface area contributed by atoms with E-state index < -0.39 is 8.24 Å². The van der Waals surface area contributed by atoms with E-state index in [1.54, 1.807) is 0 Å². The lowest BCUT2D eigenvalue weighted by molar-refractivity contribution is 0.0341. The molecule has 0 unspecified atom stereocenters. The van der Waals surface area contributed by atoms with Gasteiger partial charge >= 0.3 is 0 Å². The Balaban J connectivity index is 2.32. The molecule has 0 aromatic carbocycles. The van der Waals surface area contributed by atoms with Crippen LogP contribution in [0.25, 0.3) is 0 Å². The van der Waals surface area contributed by atoms with E-state index in [1.165, 1.54) is 10.0 Å². The smallest absolute Gasteiger partial charge is 0.168 e. The lowest BCUT2D eigenvalue weighted by atomic mass is 10.3. The summed E-state index contributed by atoms with van der Waals surface area (Å²) in [4.78, 5) is 2.50. The standard InChI is InChI=1S/C18H33BrN2OSi/c1-14(2)23(15(3)4,16(5)6)21-12-17(18(19)13-21)11-20-7-9-22-10-8-20/h12-16H,7-11H2,1-6H3. The maximum atomic E-state index is 5.47. The molecule has 0 aliphatic carbocycles. The molecule has 23 heavy (non-hydrogen) atoms. The van der Waals surface area contributed by atoms with Crippen molar-refractivity contribution in [2.45, 2.75) is 64.7 Å². The van der Waals surface area contributed by atoms with Gasteiger partial charge in [-0.1, -0.05) is 41.5 Å². The first-order chi connectivity index (χ1) is 10.8. The van der Waals surface area contributed by atoms with Crippen LogP contribution in [0.5, 0.6) is 0 Å². The third-order valence-electron chi connectivity index (χ3n) is 5.57. The van der Waals surface area contributed by atoms with Gasteiger partial charge in [0.15, 0.2) is 8.24 Å². The molecule has 132 valence electrons. The molecule has 2 heterocycles. The van der Waals surface area contributed by atoms with E-state index in [2.05, 4.69) is 79.0 Å². The van der Waals surface area contributed by atoms with Crippen LogP contribution in [0.4, 0.5) is 0 Å². The number of hydrogen-bond acceptors (Lipinski definition) is 2. The van der Waals surface area contributed by atoms with Crippen LogP contribution < -0.4 is 0 Å². The fourth-order valence-electron chi connectivity index (χ4n) is 4.71. The highest BCUT2D eigenvalue weighted by molar-refractivity contribution is 9.10. The van der Waals surface area contributed by atoms with Crippen LogP contribution in [-0.4, -0.2) is 43.7 Å². The van der Waals surface area contributed by atoms with Gasteiger partial charge in [-0.2, -0.15) is 0 Å². The van der Waals surface area contributed by atoms with Crippen LogP contribution in [-0.2, 0) is 11.3 Å². The molecule has 3 nitrogen and oxygen atoms in total. The minimum Gasteiger partial charge on any atom is -0.379 e. The fourth-order valence-corrected chi connectivity index (χ4v) is 11.9. The maximum Gasteiger partial charge on any atom is 0.168 e. The molecular formula is C18H33BrN2OSi. The summed E-state index contributed by atoms with van der Waals surface area (Å²) in [6.07, 6.45) is 4.80. The minimum absolute atomic E-state index is 0.720.